The van der Waals surface area contributed by atoms with Crippen LogP contribution in [0.4, 0.5) is 5.69 Å². The van der Waals surface area contributed by atoms with Crippen LogP contribution in [0, 0.1) is 0 Å². The number of anilines is 1. The fourth-order valence-corrected chi connectivity index (χ4v) is 3.09. The average molecular weight is 355 g/mol. The number of benzene rings is 3. The summed E-state index contributed by atoms with van der Waals surface area (Å²) in [5.41, 5.74) is 5.27. The van der Waals surface area contributed by atoms with E-state index in [0.717, 1.165) is 24.2 Å². The Kier molecular flexibility index (Phi) is 5.92. The van der Waals surface area contributed by atoms with Crippen molar-refractivity contribution >= 4 is 28.1 Å². The van der Waals surface area contributed by atoms with Gasteiger partial charge in [-0.3, -0.25) is 0 Å². The van der Waals surface area contributed by atoms with Crippen molar-refractivity contribution < 1.29 is 5.11 Å². The molecular weight excluding hydrogens is 332 g/mol. The number of fused-ring (bicyclic) bond motifs is 1. The van der Waals surface area contributed by atoms with Gasteiger partial charge in [0.05, 0.1) is 11.8 Å². The highest BCUT2D eigenvalue weighted by atomic mass is 35.5. The lowest BCUT2D eigenvalue weighted by atomic mass is 10.1. The lowest BCUT2D eigenvalue weighted by molar-refractivity contribution is 0.173. The summed E-state index contributed by atoms with van der Waals surface area (Å²) < 4.78 is 0. The first kappa shape index (κ1) is 17.7. The predicted octanol–water partition coefficient (Wildman–Crippen LogP) is 4.95. The Morgan fingerprint density at radius 2 is 1.80 bits per heavy atom. The highest BCUT2D eigenvalue weighted by Gasteiger charge is 2.11. The molecule has 3 aromatic rings. The molecule has 25 heavy (non-hydrogen) atoms. The van der Waals surface area contributed by atoms with Gasteiger partial charge in [-0.1, -0.05) is 61.0 Å². The summed E-state index contributed by atoms with van der Waals surface area (Å²) in [6.45, 7) is 3.43. The van der Waals surface area contributed by atoms with Crippen molar-refractivity contribution in [1.29, 1.82) is 0 Å². The first-order valence-electron chi connectivity index (χ1n) is 8.60. The number of aliphatic hydroxyl groups is 1. The van der Waals surface area contributed by atoms with Crippen LogP contribution in [0.1, 0.15) is 25.0 Å². The Balaban J connectivity index is 1.73. The van der Waals surface area contributed by atoms with Crippen LogP contribution in [-0.2, 0) is 0 Å². The fourth-order valence-electron chi connectivity index (χ4n) is 2.90. The molecule has 0 bridgehead atoms. The Labute approximate surface area is 153 Å². The molecule has 0 saturated heterocycles. The number of hydrogen-bond donors (Lipinski definition) is 2. The molecule has 0 aliphatic rings. The van der Waals surface area contributed by atoms with Gasteiger partial charge in [0, 0.05) is 18.1 Å². The van der Waals surface area contributed by atoms with Crippen LogP contribution in [0.5, 0.6) is 0 Å². The third-order valence-electron chi connectivity index (χ3n) is 4.20. The first-order valence-corrected chi connectivity index (χ1v) is 8.98. The van der Waals surface area contributed by atoms with Gasteiger partial charge in [0.15, 0.2) is 0 Å². The third-order valence-corrected chi connectivity index (χ3v) is 4.44. The molecule has 3 rings (SSSR count). The quantitative estimate of drug-likeness (QED) is 0.589. The zero-order chi connectivity index (χ0) is 17.6. The minimum atomic E-state index is -0.612. The van der Waals surface area contributed by atoms with Crippen LogP contribution in [0.3, 0.4) is 0 Å². The van der Waals surface area contributed by atoms with Crippen molar-refractivity contribution in [2.45, 2.75) is 19.4 Å². The molecule has 0 saturated carbocycles. The van der Waals surface area contributed by atoms with Gasteiger partial charge < -0.3 is 10.1 Å². The average Bonchev–Trinajstić information content (AvgIpc) is 2.64. The minimum Gasteiger partial charge on any atom is -0.387 e. The molecule has 0 heterocycles. The van der Waals surface area contributed by atoms with Crippen LogP contribution in [-0.4, -0.2) is 18.2 Å². The maximum atomic E-state index is 10.4. The number of aliphatic hydroxyl groups excluding tert-OH is 1. The molecule has 3 nitrogen and oxygen atoms in total. The molecule has 0 amide bonds. The third kappa shape index (κ3) is 4.51. The van der Waals surface area contributed by atoms with Crippen molar-refractivity contribution in [1.82, 2.24) is 5.43 Å². The Hall–Kier alpha value is -2.07. The van der Waals surface area contributed by atoms with Gasteiger partial charge in [-0.15, -0.1) is 0 Å². The summed E-state index contributed by atoms with van der Waals surface area (Å²) in [6, 6.07) is 22.1. The van der Waals surface area contributed by atoms with E-state index in [4.69, 9.17) is 11.6 Å². The van der Waals surface area contributed by atoms with E-state index in [2.05, 4.69) is 47.7 Å². The van der Waals surface area contributed by atoms with Crippen LogP contribution >= 0.6 is 11.6 Å². The van der Waals surface area contributed by atoms with Crippen LogP contribution < -0.4 is 10.4 Å². The van der Waals surface area contributed by atoms with E-state index in [1.54, 1.807) is 6.07 Å². The molecule has 0 aliphatic heterocycles. The van der Waals surface area contributed by atoms with Crippen molar-refractivity contribution in [2.24, 2.45) is 0 Å². The summed E-state index contributed by atoms with van der Waals surface area (Å²) in [5, 5.41) is 15.6. The van der Waals surface area contributed by atoms with Gasteiger partial charge >= 0.3 is 0 Å². The van der Waals surface area contributed by atoms with Crippen molar-refractivity contribution in [3.8, 4) is 0 Å². The second-order valence-corrected chi connectivity index (χ2v) is 6.55. The van der Waals surface area contributed by atoms with Gasteiger partial charge in [0.1, 0.15) is 0 Å². The largest absolute Gasteiger partial charge is 0.387 e. The van der Waals surface area contributed by atoms with E-state index < -0.39 is 6.10 Å². The maximum absolute atomic E-state index is 10.4. The lowest BCUT2D eigenvalue weighted by Crippen LogP contribution is -2.41. The van der Waals surface area contributed by atoms with E-state index in [9.17, 15) is 5.11 Å². The monoisotopic (exact) mass is 354 g/mol. The summed E-state index contributed by atoms with van der Waals surface area (Å²) in [5.74, 6) is 0. The summed E-state index contributed by atoms with van der Waals surface area (Å²) in [7, 11) is 0. The molecule has 0 unspecified atom stereocenters. The molecule has 130 valence electrons. The SMILES string of the molecule is CCCN(NC[C@H](O)c1cccc(Cl)c1)c1ccc2ccccc2c1. The van der Waals surface area contributed by atoms with E-state index in [0.29, 0.717) is 11.6 Å². The Bertz CT molecular complexity index is 837. The van der Waals surface area contributed by atoms with Gasteiger partial charge in [-0.2, -0.15) is 0 Å². The topological polar surface area (TPSA) is 35.5 Å². The van der Waals surface area contributed by atoms with Crippen molar-refractivity contribution in [3.05, 3.63) is 77.3 Å². The van der Waals surface area contributed by atoms with Crippen molar-refractivity contribution in [2.75, 3.05) is 18.1 Å². The molecule has 3 aromatic carbocycles. The summed E-state index contributed by atoms with van der Waals surface area (Å²) in [4.78, 5) is 0. The van der Waals surface area contributed by atoms with Gasteiger partial charge in [-0.05, 0) is 47.0 Å². The molecule has 0 aromatic heterocycles. The highest BCUT2D eigenvalue weighted by Crippen LogP contribution is 2.22. The number of nitrogens with zero attached hydrogens (tertiary/aromatic N) is 1. The molecule has 1 atom stereocenters. The van der Waals surface area contributed by atoms with Crippen LogP contribution in [0.15, 0.2) is 66.7 Å². The number of nitrogens with one attached hydrogen (secondary N) is 1. The molecule has 0 fully saturated rings. The van der Waals surface area contributed by atoms with Gasteiger partial charge in [0.25, 0.3) is 0 Å². The molecular formula is C21H23ClN2O. The van der Waals surface area contributed by atoms with Crippen molar-refractivity contribution in [3.63, 3.8) is 0 Å². The highest BCUT2D eigenvalue weighted by molar-refractivity contribution is 6.30. The lowest BCUT2D eigenvalue weighted by Gasteiger charge is -2.27. The van der Waals surface area contributed by atoms with Crippen LogP contribution in [0.2, 0.25) is 5.02 Å². The van der Waals surface area contributed by atoms with E-state index in [1.165, 1.54) is 10.8 Å². The van der Waals surface area contributed by atoms with Crippen LogP contribution in [0.25, 0.3) is 10.8 Å². The smallest absolute Gasteiger partial charge is 0.0933 e. The normalized spacial score (nSPS) is 12.3. The molecule has 2 N–H and O–H groups in total. The standard InChI is InChI=1S/C21H23ClN2O/c1-2-12-24(20-11-10-16-6-3-4-7-17(16)14-20)23-15-21(25)18-8-5-9-19(22)13-18/h3-11,13-14,21,23,25H,2,12,15H2,1H3/t21-/m0/s1. The fraction of sp³-hybridized carbons (Fsp3) is 0.238. The zero-order valence-corrected chi connectivity index (χ0v) is 15.1. The predicted molar refractivity (Wildman–Crippen MR) is 106 cm³/mol. The van der Waals surface area contributed by atoms with E-state index in [1.807, 2.05) is 30.3 Å². The second-order valence-electron chi connectivity index (χ2n) is 6.12. The summed E-state index contributed by atoms with van der Waals surface area (Å²) in [6.07, 6.45) is 0.395. The minimum absolute atomic E-state index is 0.424. The van der Waals surface area contributed by atoms with Gasteiger partial charge in [-0.25, -0.2) is 5.43 Å². The van der Waals surface area contributed by atoms with Gasteiger partial charge in [0.2, 0.25) is 0 Å². The molecule has 0 radical (unpaired) electrons. The maximum Gasteiger partial charge on any atom is 0.0933 e. The molecule has 0 spiro atoms. The molecule has 0 aliphatic carbocycles. The van der Waals surface area contributed by atoms with E-state index in [-0.39, 0.29) is 0 Å². The Morgan fingerprint density at radius 1 is 1.00 bits per heavy atom. The number of halogens is 1. The summed E-state index contributed by atoms with van der Waals surface area (Å²) >= 11 is 6.01. The second kappa shape index (κ2) is 8.34. The number of hydrazine groups is 1. The number of rotatable bonds is 7. The first-order chi connectivity index (χ1) is 12.2. The Morgan fingerprint density at radius 3 is 2.56 bits per heavy atom. The molecule has 4 heteroatoms. The van der Waals surface area contributed by atoms with E-state index >= 15 is 0 Å². The zero-order valence-electron chi connectivity index (χ0n) is 14.3. The number of hydrogen-bond acceptors (Lipinski definition) is 3.